The van der Waals surface area contributed by atoms with E-state index < -0.39 is 0 Å². The van der Waals surface area contributed by atoms with Gasteiger partial charge in [0.25, 0.3) is 0 Å². The molecule has 0 radical (unpaired) electrons. The molecule has 0 amide bonds. The highest BCUT2D eigenvalue weighted by Crippen LogP contribution is 2.59. The van der Waals surface area contributed by atoms with E-state index in [1.54, 1.807) is 0 Å². The van der Waals surface area contributed by atoms with Crippen molar-refractivity contribution >= 4 is 0 Å². The van der Waals surface area contributed by atoms with Crippen LogP contribution in [0.1, 0.15) is 19.3 Å². The average Bonchev–Trinajstić information content (AvgIpc) is 2.91. The first-order valence-electron chi connectivity index (χ1n) is 7.18. The second-order valence-corrected chi connectivity index (χ2v) is 6.56. The van der Waals surface area contributed by atoms with Gasteiger partial charge >= 0.3 is 0 Å². The molecule has 7 aliphatic rings. The van der Waals surface area contributed by atoms with Crippen molar-refractivity contribution in [2.24, 2.45) is 45.7 Å². The molecule has 2 saturated carbocycles. The van der Waals surface area contributed by atoms with E-state index in [1.165, 1.54) is 19.3 Å². The van der Waals surface area contributed by atoms with Gasteiger partial charge in [0, 0.05) is 5.92 Å². The Morgan fingerprint density at radius 2 is 1.53 bits per heavy atom. The lowest BCUT2D eigenvalue weighted by molar-refractivity contribution is -0.0271. The molecule has 2 heterocycles. The maximum Gasteiger partial charge on any atom is 0.0811 e. The smallest absolute Gasteiger partial charge is 0.0811 e. The predicted octanol–water partition coefficient (Wildman–Crippen LogP) is 3.22. The molecule has 0 aromatic carbocycles. The number of azo groups is 1. The molecule has 2 heteroatoms. The summed E-state index contributed by atoms with van der Waals surface area (Å²) < 4.78 is 0. The zero-order chi connectivity index (χ0) is 11.0. The summed E-state index contributed by atoms with van der Waals surface area (Å²) in [5, 5.41) is 9.38. The molecule has 0 aromatic heterocycles. The topological polar surface area (TPSA) is 24.7 Å². The lowest BCUT2D eigenvalue weighted by atomic mass is 9.50. The Kier molecular flexibility index (Phi) is 1.55. The Balaban J connectivity index is 1.66. The van der Waals surface area contributed by atoms with E-state index in [4.69, 9.17) is 5.11 Å². The second-order valence-electron chi connectivity index (χ2n) is 6.56. The largest absolute Gasteiger partial charge is 0.190 e. The summed E-state index contributed by atoms with van der Waals surface area (Å²) in [5.74, 6) is 4.82. The molecule has 0 unspecified atom stereocenters. The summed E-state index contributed by atoms with van der Waals surface area (Å²) in [6.07, 6.45) is 13.9. The monoisotopic (exact) mass is 226 g/mol. The summed E-state index contributed by atoms with van der Waals surface area (Å²) >= 11 is 0. The normalized spacial score (nSPS) is 60.7. The third kappa shape index (κ3) is 0.951. The van der Waals surface area contributed by atoms with Crippen LogP contribution in [0.5, 0.6) is 0 Å². The highest BCUT2D eigenvalue weighted by molar-refractivity contribution is 5.24. The van der Waals surface area contributed by atoms with Gasteiger partial charge in [0.05, 0.1) is 12.1 Å². The van der Waals surface area contributed by atoms with Crippen molar-refractivity contribution < 1.29 is 0 Å². The first-order chi connectivity index (χ1) is 8.43. The first-order valence-corrected chi connectivity index (χ1v) is 7.18. The molecule has 17 heavy (non-hydrogen) atoms. The third-order valence-electron chi connectivity index (χ3n) is 6.09. The van der Waals surface area contributed by atoms with Crippen molar-refractivity contribution in [2.75, 3.05) is 0 Å². The standard InChI is InChI=1S/C15H18N2/c1-2-10-11(3-1)15-13-9-6-4-8(5-7-9)12(13)14(10)16-17-15/h1-2,4,6,8-15H,3,5,7H2/t8-,9-,10+,11-,12+,13+,14+,15+/m0/s1. The van der Waals surface area contributed by atoms with Crippen LogP contribution in [0.15, 0.2) is 34.5 Å². The number of hydrogen-bond acceptors (Lipinski definition) is 2. The van der Waals surface area contributed by atoms with Crippen LogP contribution in [0.2, 0.25) is 0 Å². The summed E-state index contributed by atoms with van der Waals surface area (Å²) in [4.78, 5) is 0. The molecule has 88 valence electrons. The van der Waals surface area contributed by atoms with E-state index in [-0.39, 0.29) is 0 Å². The van der Waals surface area contributed by atoms with Gasteiger partial charge in [-0.3, -0.25) is 0 Å². The maximum absolute atomic E-state index is 4.69. The number of nitrogens with zero attached hydrogens (tertiary/aromatic N) is 2. The van der Waals surface area contributed by atoms with E-state index in [1.807, 2.05) is 0 Å². The van der Waals surface area contributed by atoms with Crippen LogP contribution in [0, 0.1) is 35.5 Å². The van der Waals surface area contributed by atoms with Crippen LogP contribution in [0.3, 0.4) is 0 Å². The van der Waals surface area contributed by atoms with Crippen molar-refractivity contribution in [1.82, 2.24) is 0 Å². The molecule has 0 N–H and O–H groups in total. The number of rotatable bonds is 0. The van der Waals surface area contributed by atoms with Gasteiger partial charge in [-0.25, -0.2) is 0 Å². The van der Waals surface area contributed by atoms with Crippen LogP contribution >= 0.6 is 0 Å². The van der Waals surface area contributed by atoms with Crippen LogP contribution in [0.25, 0.3) is 0 Å². The average molecular weight is 226 g/mol. The van der Waals surface area contributed by atoms with Gasteiger partial charge in [0.2, 0.25) is 0 Å². The molecular weight excluding hydrogens is 208 g/mol. The highest BCUT2D eigenvalue weighted by Gasteiger charge is 2.59. The van der Waals surface area contributed by atoms with E-state index in [0.717, 1.165) is 35.5 Å². The predicted molar refractivity (Wildman–Crippen MR) is 65.5 cm³/mol. The number of fused-ring (bicyclic) bond motifs is 1. The van der Waals surface area contributed by atoms with Crippen molar-refractivity contribution in [3.05, 3.63) is 24.3 Å². The van der Waals surface area contributed by atoms with Gasteiger partial charge in [0.1, 0.15) is 0 Å². The molecule has 0 saturated heterocycles. The first kappa shape index (κ1) is 9.07. The van der Waals surface area contributed by atoms with Gasteiger partial charge in [-0.15, -0.1) is 0 Å². The van der Waals surface area contributed by atoms with Gasteiger partial charge in [-0.2, -0.15) is 10.2 Å². The van der Waals surface area contributed by atoms with Crippen molar-refractivity contribution in [3.63, 3.8) is 0 Å². The maximum atomic E-state index is 4.69. The van der Waals surface area contributed by atoms with E-state index in [9.17, 15) is 0 Å². The molecule has 2 fully saturated rings. The highest BCUT2D eigenvalue weighted by atomic mass is 15.2. The fourth-order valence-electron chi connectivity index (χ4n) is 5.48. The molecular formula is C15H18N2. The quantitative estimate of drug-likeness (QED) is 0.567. The van der Waals surface area contributed by atoms with Crippen LogP contribution in [-0.2, 0) is 0 Å². The molecule has 8 atom stereocenters. The Morgan fingerprint density at radius 3 is 2.29 bits per heavy atom. The van der Waals surface area contributed by atoms with E-state index in [2.05, 4.69) is 29.4 Å². The van der Waals surface area contributed by atoms with Gasteiger partial charge in [-0.1, -0.05) is 24.3 Å². The minimum atomic E-state index is 0.520. The lowest BCUT2D eigenvalue weighted by Crippen LogP contribution is -2.59. The number of allylic oxidation sites excluding steroid dienone is 3. The molecule has 4 bridgehead atoms. The molecule has 0 aromatic rings. The Labute approximate surface area is 102 Å². The van der Waals surface area contributed by atoms with Crippen molar-refractivity contribution in [2.45, 2.75) is 31.3 Å². The van der Waals surface area contributed by atoms with Gasteiger partial charge in [0.15, 0.2) is 0 Å². The van der Waals surface area contributed by atoms with Crippen LogP contribution in [0.4, 0.5) is 0 Å². The fraction of sp³-hybridized carbons (Fsp3) is 0.733. The Bertz CT molecular complexity index is 450. The van der Waals surface area contributed by atoms with E-state index >= 15 is 0 Å². The van der Waals surface area contributed by atoms with E-state index in [0.29, 0.717) is 12.1 Å². The van der Waals surface area contributed by atoms with Crippen molar-refractivity contribution in [3.8, 4) is 0 Å². The molecule has 2 nitrogen and oxygen atoms in total. The zero-order valence-electron chi connectivity index (χ0n) is 9.94. The summed E-state index contributed by atoms with van der Waals surface area (Å²) in [7, 11) is 0. The molecule has 7 rings (SSSR count). The second kappa shape index (κ2) is 2.90. The van der Waals surface area contributed by atoms with Crippen molar-refractivity contribution in [1.29, 1.82) is 0 Å². The minimum Gasteiger partial charge on any atom is -0.190 e. The fourth-order valence-corrected chi connectivity index (χ4v) is 5.48. The van der Waals surface area contributed by atoms with Gasteiger partial charge in [-0.05, 0) is 48.9 Å². The lowest BCUT2D eigenvalue weighted by Gasteiger charge is -2.57. The van der Waals surface area contributed by atoms with Crippen LogP contribution < -0.4 is 0 Å². The minimum absolute atomic E-state index is 0.520. The third-order valence-corrected chi connectivity index (χ3v) is 6.09. The summed E-state index contributed by atoms with van der Waals surface area (Å²) in [6, 6.07) is 1.06. The zero-order valence-corrected chi connectivity index (χ0v) is 9.94. The molecule has 0 spiro atoms. The summed E-state index contributed by atoms with van der Waals surface area (Å²) in [6.45, 7) is 0. The van der Waals surface area contributed by atoms with Gasteiger partial charge < -0.3 is 0 Å². The number of hydrogen-bond donors (Lipinski definition) is 0. The molecule has 5 aliphatic carbocycles. The Hall–Kier alpha value is -0.920. The summed E-state index contributed by atoms with van der Waals surface area (Å²) in [5.41, 5.74) is 0. The Morgan fingerprint density at radius 1 is 0.824 bits per heavy atom. The molecule has 2 aliphatic heterocycles. The SMILES string of the molecule is C1=C[C@@H]2[C@H](C1)[C@H]1N=N[C@H]2[C@H]2[C@H]1[C@H]1C=C[C@H]2CC1. The van der Waals surface area contributed by atoms with Crippen LogP contribution in [-0.4, -0.2) is 12.1 Å².